The molecule has 28 heavy (non-hydrogen) atoms. The van der Waals surface area contributed by atoms with E-state index in [-0.39, 0.29) is 17.8 Å². The van der Waals surface area contributed by atoms with E-state index in [1.807, 2.05) is 27.1 Å². The Bertz CT molecular complexity index is 677. The highest BCUT2D eigenvalue weighted by Gasteiger charge is 2.30. The third-order valence-electron chi connectivity index (χ3n) is 5.00. The summed E-state index contributed by atoms with van der Waals surface area (Å²) in [6, 6.07) is 5.24. The molecular formula is C21H34FN5O. The molecule has 1 unspecified atom stereocenters. The van der Waals surface area contributed by atoms with E-state index in [0.29, 0.717) is 12.1 Å². The number of halogens is 1. The monoisotopic (exact) mass is 391 g/mol. The molecule has 2 rings (SSSR count). The zero-order chi connectivity index (χ0) is 20.5. The number of aliphatic imine (C=N–C) groups is 1. The van der Waals surface area contributed by atoms with Gasteiger partial charge in [-0.15, -0.1) is 0 Å². The molecule has 0 radical (unpaired) electrons. The molecule has 1 amide bonds. The summed E-state index contributed by atoms with van der Waals surface area (Å²) in [5.41, 5.74) is 1.49. The van der Waals surface area contributed by atoms with Crippen molar-refractivity contribution in [2.45, 2.75) is 45.7 Å². The Morgan fingerprint density at radius 3 is 2.82 bits per heavy atom. The molecule has 1 fully saturated rings. The fourth-order valence-corrected chi connectivity index (χ4v) is 3.41. The first-order valence-corrected chi connectivity index (χ1v) is 10.1. The summed E-state index contributed by atoms with van der Waals surface area (Å²) in [4.78, 5) is 20.8. The van der Waals surface area contributed by atoms with Gasteiger partial charge in [0, 0.05) is 33.7 Å². The first-order valence-electron chi connectivity index (χ1n) is 10.1. The third kappa shape index (κ3) is 6.48. The lowest BCUT2D eigenvalue weighted by Crippen LogP contribution is -2.44. The average molecular weight is 392 g/mol. The van der Waals surface area contributed by atoms with Gasteiger partial charge in [-0.1, -0.05) is 12.1 Å². The molecule has 1 heterocycles. The minimum absolute atomic E-state index is 0.0216. The van der Waals surface area contributed by atoms with Gasteiger partial charge in [-0.2, -0.15) is 0 Å². The zero-order valence-corrected chi connectivity index (χ0v) is 17.6. The van der Waals surface area contributed by atoms with Crippen molar-refractivity contribution < 1.29 is 9.18 Å². The summed E-state index contributed by atoms with van der Waals surface area (Å²) in [7, 11) is 3.64. The van der Waals surface area contributed by atoms with Gasteiger partial charge in [0.05, 0.1) is 12.6 Å². The molecule has 0 bridgehead atoms. The minimum Gasteiger partial charge on any atom is -0.357 e. The summed E-state index contributed by atoms with van der Waals surface area (Å²) in [5, 5.41) is 6.55. The van der Waals surface area contributed by atoms with Crippen molar-refractivity contribution in [1.82, 2.24) is 20.4 Å². The number of guanidine groups is 1. The fourth-order valence-electron chi connectivity index (χ4n) is 3.41. The SMILES string of the molecule is CCNC(=NCc1ccc(C)c(F)c1)NCCCN1CCCC1C(=O)N(C)C. The lowest BCUT2D eigenvalue weighted by Gasteiger charge is -2.26. The standard InChI is InChI=1S/C21H34FN5O/c1-5-23-21(25-15-17-10-9-16(2)18(22)14-17)24-11-7-13-27-12-6-8-19(27)20(28)26(3)4/h9-10,14,19H,5-8,11-13,15H2,1-4H3,(H2,23,24,25). The van der Waals surface area contributed by atoms with E-state index in [1.165, 1.54) is 6.07 Å². The molecule has 1 aliphatic heterocycles. The molecule has 1 saturated heterocycles. The van der Waals surface area contributed by atoms with Gasteiger partial charge in [0.15, 0.2) is 5.96 Å². The average Bonchev–Trinajstić information content (AvgIpc) is 3.13. The van der Waals surface area contributed by atoms with Crippen LogP contribution in [0, 0.1) is 12.7 Å². The number of amides is 1. The number of hydrogen-bond acceptors (Lipinski definition) is 3. The van der Waals surface area contributed by atoms with Gasteiger partial charge in [0.2, 0.25) is 5.91 Å². The number of carbonyl (C=O) groups excluding carboxylic acids is 1. The van der Waals surface area contributed by atoms with E-state index in [1.54, 1.807) is 17.9 Å². The van der Waals surface area contributed by atoms with Gasteiger partial charge >= 0.3 is 0 Å². The maximum Gasteiger partial charge on any atom is 0.239 e. The van der Waals surface area contributed by atoms with E-state index in [2.05, 4.69) is 20.5 Å². The molecule has 1 aromatic carbocycles. The predicted molar refractivity (Wildman–Crippen MR) is 112 cm³/mol. The smallest absolute Gasteiger partial charge is 0.239 e. The number of nitrogens with one attached hydrogen (secondary N) is 2. The van der Waals surface area contributed by atoms with Crippen molar-refractivity contribution in [1.29, 1.82) is 0 Å². The van der Waals surface area contributed by atoms with Crippen LogP contribution in [-0.2, 0) is 11.3 Å². The van der Waals surface area contributed by atoms with Crippen molar-refractivity contribution >= 4 is 11.9 Å². The number of likely N-dealkylation sites (N-methyl/N-ethyl adjacent to an activating group) is 1. The van der Waals surface area contributed by atoms with Crippen LogP contribution >= 0.6 is 0 Å². The van der Waals surface area contributed by atoms with Crippen molar-refractivity contribution in [2.75, 3.05) is 40.3 Å². The lowest BCUT2D eigenvalue weighted by atomic mass is 10.1. The molecule has 1 atom stereocenters. The topological polar surface area (TPSA) is 60.0 Å². The Hall–Kier alpha value is -2.15. The molecule has 2 N–H and O–H groups in total. The first kappa shape index (κ1) is 22.1. The number of benzene rings is 1. The third-order valence-corrected chi connectivity index (χ3v) is 5.00. The van der Waals surface area contributed by atoms with Crippen molar-refractivity contribution in [2.24, 2.45) is 4.99 Å². The van der Waals surface area contributed by atoms with Crippen LogP contribution in [0.25, 0.3) is 0 Å². The van der Waals surface area contributed by atoms with Crippen LogP contribution in [0.4, 0.5) is 4.39 Å². The van der Waals surface area contributed by atoms with Gasteiger partial charge in [0.1, 0.15) is 5.82 Å². The maximum absolute atomic E-state index is 13.7. The second-order valence-electron chi connectivity index (χ2n) is 7.49. The van der Waals surface area contributed by atoms with Crippen LogP contribution in [0.1, 0.15) is 37.3 Å². The number of carbonyl (C=O) groups is 1. The first-order chi connectivity index (χ1) is 13.4. The molecule has 7 heteroatoms. The Kier molecular flexibility index (Phi) is 8.70. The second-order valence-corrected chi connectivity index (χ2v) is 7.49. The lowest BCUT2D eigenvalue weighted by molar-refractivity contribution is -0.133. The molecule has 156 valence electrons. The fraction of sp³-hybridized carbons (Fsp3) is 0.619. The highest BCUT2D eigenvalue weighted by molar-refractivity contribution is 5.81. The predicted octanol–water partition coefficient (Wildman–Crippen LogP) is 2.13. The Labute approximate surface area is 168 Å². The number of hydrogen-bond donors (Lipinski definition) is 2. The maximum atomic E-state index is 13.7. The molecule has 0 spiro atoms. The molecule has 6 nitrogen and oxygen atoms in total. The van der Waals surface area contributed by atoms with E-state index in [9.17, 15) is 9.18 Å². The molecule has 1 aromatic rings. The van der Waals surface area contributed by atoms with E-state index in [0.717, 1.165) is 57.0 Å². The Morgan fingerprint density at radius 2 is 2.14 bits per heavy atom. The number of likely N-dealkylation sites (tertiary alicyclic amines) is 1. The van der Waals surface area contributed by atoms with Crippen LogP contribution in [0.3, 0.4) is 0 Å². The summed E-state index contributed by atoms with van der Waals surface area (Å²) in [5.74, 6) is 0.731. The zero-order valence-electron chi connectivity index (χ0n) is 17.6. The van der Waals surface area contributed by atoms with Crippen LogP contribution in [0.2, 0.25) is 0 Å². The normalized spacial score (nSPS) is 17.6. The van der Waals surface area contributed by atoms with Gasteiger partial charge in [-0.05, 0) is 56.8 Å². The van der Waals surface area contributed by atoms with E-state index in [4.69, 9.17) is 0 Å². The molecule has 1 aliphatic rings. The summed E-state index contributed by atoms with van der Waals surface area (Å²) in [6.07, 6.45) is 2.96. The Morgan fingerprint density at radius 1 is 1.36 bits per heavy atom. The van der Waals surface area contributed by atoms with E-state index >= 15 is 0 Å². The quantitative estimate of drug-likeness (QED) is 0.405. The molecule has 0 saturated carbocycles. The minimum atomic E-state index is -0.196. The molecule has 0 aliphatic carbocycles. The molecular weight excluding hydrogens is 357 g/mol. The van der Waals surface area contributed by atoms with Crippen LogP contribution < -0.4 is 10.6 Å². The van der Waals surface area contributed by atoms with Crippen LogP contribution in [0.15, 0.2) is 23.2 Å². The van der Waals surface area contributed by atoms with Crippen molar-refractivity contribution in [3.8, 4) is 0 Å². The van der Waals surface area contributed by atoms with Gasteiger partial charge in [-0.25, -0.2) is 9.38 Å². The van der Waals surface area contributed by atoms with Gasteiger partial charge in [0.25, 0.3) is 0 Å². The second kappa shape index (κ2) is 11.0. The van der Waals surface area contributed by atoms with Crippen LogP contribution in [0.5, 0.6) is 0 Å². The molecule has 0 aromatic heterocycles. The van der Waals surface area contributed by atoms with Crippen LogP contribution in [-0.4, -0.2) is 68.0 Å². The largest absolute Gasteiger partial charge is 0.357 e. The summed E-state index contributed by atoms with van der Waals surface area (Å²) < 4.78 is 13.7. The van der Waals surface area contributed by atoms with Gasteiger partial charge < -0.3 is 15.5 Å². The van der Waals surface area contributed by atoms with Gasteiger partial charge in [-0.3, -0.25) is 9.69 Å². The summed E-state index contributed by atoms with van der Waals surface area (Å²) >= 11 is 0. The number of rotatable bonds is 8. The number of nitrogens with zero attached hydrogens (tertiary/aromatic N) is 3. The van der Waals surface area contributed by atoms with Crippen molar-refractivity contribution in [3.05, 3.63) is 35.1 Å². The van der Waals surface area contributed by atoms with Crippen molar-refractivity contribution in [3.63, 3.8) is 0 Å². The highest BCUT2D eigenvalue weighted by atomic mass is 19.1. The number of aryl methyl sites for hydroxylation is 1. The highest BCUT2D eigenvalue weighted by Crippen LogP contribution is 2.18. The summed E-state index contributed by atoms with van der Waals surface area (Å²) in [6.45, 7) is 7.61. The van der Waals surface area contributed by atoms with E-state index < -0.39 is 0 Å². The Balaban J connectivity index is 1.81.